The molecule has 3 aromatic rings. The molecule has 2 amide bonds. The first-order valence-corrected chi connectivity index (χ1v) is 12.4. The fourth-order valence-electron chi connectivity index (χ4n) is 3.81. The van der Waals surface area contributed by atoms with E-state index in [0.717, 1.165) is 16.0 Å². The lowest BCUT2D eigenvalue weighted by molar-refractivity contribution is -0.120. The van der Waals surface area contributed by atoms with Crippen LogP contribution in [-0.2, 0) is 15.0 Å². The van der Waals surface area contributed by atoms with E-state index >= 15 is 0 Å². The van der Waals surface area contributed by atoms with Gasteiger partial charge in [0.1, 0.15) is 16.5 Å². The number of carbonyl (C=O) groups excluding carboxylic acids is 3. The number of ether oxygens (including phenoxy) is 1. The summed E-state index contributed by atoms with van der Waals surface area (Å²) in [6.45, 7) is 8.14. The number of carbonyl (C=O) groups is 3. The molecule has 0 atom stereocenters. The molecule has 37 heavy (non-hydrogen) atoms. The van der Waals surface area contributed by atoms with Gasteiger partial charge in [0.15, 0.2) is 0 Å². The first-order valence-electron chi connectivity index (χ1n) is 11.3. The van der Waals surface area contributed by atoms with Crippen molar-refractivity contribution in [1.29, 1.82) is 0 Å². The van der Waals surface area contributed by atoms with Gasteiger partial charge in [-0.3, -0.25) is 9.59 Å². The molecule has 1 N–H and O–H groups in total. The van der Waals surface area contributed by atoms with E-state index in [0.29, 0.717) is 17.0 Å². The predicted molar refractivity (Wildman–Crippen MR) is 147 cm³/mol. The molecule has 0 saturated heterocycles. The van der Waals surface area contributed by atoms with Crippen LogP contribution in [0.3, 0.4) is 0 Å². The Morgan fingerprint density at radius 1 is 0.919 bits per heavy atom. The maximum Gasteiger partial charge on any atom is 0.343 e. The molecule has 6 nitrogen and oxygen atoms in total. The van der Waals surface area contributed by atoms with Crippen LogP contribution in [0.25, 0.3) is 0 Å². The third kappa shape index (κ3) is 5.37. The van der Waals surface area contributed by atoms with Gasteiger partial charge in [-0.2, -0.15) is 0 Å². The number of hydrogen-bond donors (Lipinski definition) is 1. The number of aryl methyl sites for hydroxylation is 1. The summed E-state index contributed by atoms with van der Waals surface area (Å²) in [5, 5.41) is 2.82. The number of halogens is 3. The minimum absolute atomic E-state index is 0.0580. The normalized spacial score (nSPS) is 13.9. The average molecular weight is 558 g/mol. The summed E-state index contributed by atoms with van der Waals surface area (Å²) in [6, 6.07) is 16.6. The number of imide groups is 1. The standard InChI is InChI=1S/C28H23Cl3N2O4/c1-15-8-13-21(18(14-15)28(2,3)4)37-27(36)16-9-11-17(12-10-16)32-24-23(31)25(34)33(26(24)35)20-7-5-6-19(29)22(20)30/h5-14,32H,1-4H3. The van der Waals surface area contributed by atoms with Gasteiger partial charge in [-0.1, -0.05) is 79.3 Å². The van der Waals surface area contributed by atoms with Gasteiger partial charge in [-0.15, -0.1) is 0 Å². The van der Waals surface area contributed by atoms with Crippen molar-refractivity contribution >= 4 is 64.0 Å². The highest BCUT2D eigenvalue weighted by molar-refractivity contribution is 6.54. The Kier molecular flexibility index (Phi) is 7.38. The fraction of sp³-hybridized carbons (Fsp3) is 0.179. The van der Waals surface area contributed by atoms with Crippen molar-refractivity contribution < 1.29 is 19.1 Å². The highest BCUT2D eigenvalue weighted by atomic mass is 35.5. The van der Waals surface area contributed by atoms with Crippen LogP contribution in [0.15, 0.2) is 71.4 Å². The molecule has 0 fully saturated rings. The molecule has 190 valence electrons. The molecular weight excluding hydrogens is 535 g/mol. The second-order valence-electron chi connectivity index (χ2n) is 9.55. The molecular formula is C28H23Cl3N2O4. The maximum atomic E-state index is 13.0. The topological polar surface area (TPSA) is 75.7 Å². The van der Waals surface area contributed by atoms with E-state index in [9.17, 15) is 14.4 Å². The van der Waals surface area contributed by atoms with E-state index in [1.165, 1.54) is 6.07 Å². The summed E-state index contributed by atoms with van der Waals surface area (Å²) in [5.74, 6) is -1.44. The van der Waals surface area contributed by atoms with Gasteiger partial charge in [0, 0.05) is 11.3 Å². The molecule has 0 saturated carbocycles. The lowest BCUT2D eigenvalue weighted by atomic mass is 9.85. The van der Waals surface area contributed by atoms with Crippen molar-refractivity contribution in [1.82, 2.24) is 0 Å². The van der Waals surface area contributed by atoms with Crippen LogP contribution in [0, 0.1) is 6.92 Å². The van der Waals surface area contributed by atoms with Crippen LogP contribution in [0.1, 0.15) is 42.3 Å². The summed E-state index contributed by atoms with van der Waals surface area (Å²) in [7, 11) is 0. The SMILES string of the molecule is Cc1ccc(OC(=O)c2ccc(NC3=C(Cl)C(=O)N(c4cccc(Cl)c4Cl)C3=O)cc2)c(C(C)(C)C)c1. The number of hydrogen-bond acceptors (Lipinski definition) is 5. The third-order valence-corrected chi connectivity index (χ3v) is 6.89. The molecule has 0 unspecified atom stereocenters. The van der Waals surface area contributed by atoms with E-state index in [1.54, 1.807) is 42.5 Å². The highest BCUT2D eigenvalue weighted by Gasteiger charge is 2.40. The molecule has 0 spiro atoms. The van der Waals surface area contributed by atoms with Gasteiger partial charge in [0.25, 0.3) is 11.8 Å². The summed E-state index contributed by atoms with van der Waals surface area (Å²) in [4.78, 5) is 39.5. The van der Waals surface area contributed by atoms with E-state index in [-0.39, 0.29) is 31.9 Å². The number of esters is 1. The molecule has 0 bridgehead atoms. The van der Waals surface area contributed by atoms with E-state index in [4.69, 9.17) is 39.5 Å². The molecule has 4 rings (SSSR count). The van der Waals surface area contributed by atoms with E-state index < -0.39 is 17.8 Å². The second-order valence-corrected chi connectivity index (χ2v) is 10.7. The molecule has 0 aliphatic carbocycles. The predicted octanol–water partition coefficient (Wildman–Crippen LogP) is 7.25. The Morgan fingerprint density at radius 2 is 1.59 bits per heavy atom. The highest BCUT2D eigenvalue weighted by Crippen LogP contribution is 2.37. The monoisotopic (exact) mass is 556 g/mol. The second kappa shape index (κ2) is 10.2. The quantitative estimate of drug-likeness (QED) is 0.203. The van der Waals surface area contributed by atoms with Crippen LogP contribution in [0.4, 0.5) is 11.4 Å². The minimum Gasteiger partial charge on any atom is -0.423 e. The molecule has 1 heterocycles. The van der Waals surface area contributed by atoms with Crippen LogP contribution >= 0.6 is 34.8 Å². The van der Waals surface area contributed by atoms with Crippen molar-refractivity contribution in [3.05, 3.63) is 98.1 Å². The van der Waals surface area contributed by atoms with Crippen LogP contribution < -0.4 is 15.0 Å². The van der Waals surface area contributed by atoms with Crippen molar-refractivity contribution in [2.24, 2.45) is 0 Å². The molecule has 9 heteroatoms. The van der Waals surface area contributed by atoms with Crippen molar-refractivity contribution in [2.45, 2.75) is 33.1 Å². The summed E-state index contributed by atoms with van der Waals surface area (Å²) < 4.78 is 5.70. The molecule has 0 aromatic heterocycles. The van der Waals surface area contributed by atoms with E-state index in [1.807, 2.05) is 19.1 Å². The molecule has 0 radical (unpaired) electrons. The largest absolute Gasteiger partial charge is 0.423 e. The Bertz CT molecular complexity index is 1460. The van der Waals surface area contributed by atoms with Gasteiger partial charge < -0.3 is 10.1 Å². The van der Waals surface area contributed by atoms with Gasteiger partial charge in [0.2, 0.25) is 0 Å². The zero-order chi connectivity index (χ0) is 27.1. The van der Waals surface area contributed by atoms with Gasteiger partial charge >= 0.3 is 5.97 Å². The van der Waals surface area contributed by atoms with E-state index in [2.05, 4.69) is 26.1 Å². The lowest BCUT2D eigenvalue weighted by Gasteiger charge is -2.22. The van der Waals surface area contributed by atoms with Crippen LogP contribution in [-0.4, -0.2) is 17.8 Å². The van der Waals surface area contributed by atoms with Gasteiger partial charge in [0.05, 0.1) is 21.3 Å². The minimum atomic E-state index is -0.730. The first-order chi connectivity index (χ1) is 17.4. The maximum absolute atomic E-state index is 13.0. The third-order valence-electron chi connectivity index (χ3n) is 5.74. The van der Waals surface area contributed by atoms with Crippen LogP contribution in [0.2, 0.25) is 10.0 Å². The Hall–Kier alpha value is -3.32. The van der Waals surface area contributed by atoms with Crippen molar-refractivity contribution in [2.75, 3.05) is 10.2 Å². The number of nitrogens with one attached hydrogen (secondary N) is 1. The lowest BCUT2D eigenvalue weighted by Crippen LogP contribution is -2.32. The van der Waals surface area contributed by atoms with Gasteiger partial charge in [-0.25, -0.2) is 9.69 Å². The Morgan fingerprint density at radius 3 is 2.24 bits per heavy atom. The smallest absolute Gasteiger partial charge is 0.343 e. The zero-order valence-electron chi connectivity index (χ0n) is 20.5. The Balaban J connectivity index is 1.52. The van der Waals surface area contributed by atoms with Crippen molar-refractivity contribution in [3.8, 4) is 5.75 Å². The first kappa shape index (κ1) is 26.7. The summed E-state index contributed by atoms with van der Waals surface area (Å²) >= 11 is 18.4. The zero-order valence-corrected chi connectivity index (χ0v) is 22.8. The number of nitrogens with zero attached hydrogens (tertiary/aromatic N) is 1. The number of amides is 2. The number of benzene rings is 3. The fourth-order valence-corrected chi connectivity index (χ4v) is 4.40. The summed E-state index contributed by atoms with van der Waals surface area (Å²) in [5.41, 5.74) is 2.55. The Labute approximate surface area is 229 Å². The number of rotatable bonds is 5. The number of anilines is 2. The average Bonchev–Trinajstić information content (AvgIpc) is 3.05. The van der Waals surface area contributed by atoms with Crippen LogP contribution in [0.5, 0.6) is 5.75 Å². The molecule has 3 aromatic carbocycles. The van der Waals surface area contributed by atoms with Crippen molar-refractivity contribution in [3.63, 3.8) is 0 Å². The van der Waals surface area contributed by atoms with Gasteiger partial charge in [-0.05, 0) is 54.8 Å². The molecule has 1 aliphatic heterocycles. The molecule has 1 aliphatic rings. The summed E-state index contributed by atoms with van der Waals surface area (Å²) in [6.07, 6.45) is 0.